The number of aromatic amines is 1. The van der Waals surface area contributed by atoms with E-state index in [0.717, 1.165) is 0 Å². The first-order valence-electron chi connectivity index (χ1n) is 6.19. The van der Waals surface area contributed by atoms with E-state index in [2.05, 4.69) is 15.0 Å². The van der Waals surface area contributed by atoms with Crippen LogP contribution < -0.4 is 11.3 Å². The minimum Gasteiger partial charge on any atom is -0.394 e. The molecule has 4 unspecified atom stereocenters. The molecule has 2 aromatic heterocycles. The molecule has 5 N–H and O–H groups in total. The number of rotatable bonds is 2. The van der Waals surface area contributed by atoms with Crippen molar-refractivity contribution in [1.29, 1.82) is 0 Å². The van der Waals surface area contributed by atoms with E-state index in [0.29, 0.717) is 0 Å². The molecule has 1 aliphatic rings. The standard InChI is InChI=1S/C11H15N5O4/c1-4-7(18)5(2-17)20-10(4)16-3-13-6-8(16)14-11(12)15-9(6)19/h3-5,7,10,17-18H,2H2,1H3,(H3,12,14,15,19). The first kappa shape index (κ1) is 13.0. The number of H-pyrrole nitrogens is 1. The van der Waals surface area contributed by atoms with Gasteiger partial charge in [0.1, 0.15) is 12.3 Å². The molecule has 3 rings (SSSR count). The summed E-state index contributed by atoms with van der Waals surface area (Å²) in [5.41, 5.74) is 5.53. The number of aliphatic hydroxyl groups excluding tert-OH is 2. The number of nitrogen functional groups attached to an aromatic ring is 1. The molecule has 4 atom stereocenters. The van der Waals surface area contributed by atoms with Crippen molar-refractivity contribution >= 4 is 17.1 Å². The van der Waals surface area contributed by atoms with Gasteiger partial charge < -0.3 is 20.7 Å². The molecule has 0 amide bonds. The lowest BCUT2D eigenvalue weighted by Gasteiger charge is -2.17. The molecule has 0 radical (unpaired) electrons. The van der Waals surface area contributed by atoms with Gasteiger partial charge in [-0.05, 0) is 0 Å². The molecular weight excluding hydrogens is 266 g/mol. The number of aromatic nitrogens is 4. The molecule has 0 aromatic carbocycles. The number of nitrogens with zero attached hydrogens (tertiary/aromatic N) is 3. The Labute approximate surface area is 113 Å². The highest BCUT2D eigenvalue weighted by Gasteiger charge is 2.42. The average Bonchev–Trinajstić information content (AvgIpc) is 2.93. The van der Waals surface area contributed by atoms with Crippen molar-refractivity contribution in [3.63, 3.8) is 0 Å². The van der Waals surface area contributed by atoms with Crippen LogP contribution >= 0.6 is 0 Å². The SMILES string of the molecule is CC1C(O)C(CO)OC1n1cnc2c(=O)[nH]c(N)nc21. The first-order chi connectivity index (χ1) is 9.52. The minimum absolute atomic E-state index is 0.0193. The maximum atomic E-state index is 11.7. The number of aliphatic hydroxyl groups is 2. The van der Waals surface area contributed by atoms with Gasteiger partial charge in [0.15, 0.2) is 11.2 Å². The zero-order chi connectivity index (χ0) is 14.4. The number of fused-ring (bicyclic) bond motifs is 1. The zero-order valence-corrected chi connectivity index (χ0v) is 10.7. The van der Waals surface area contributed by atoms with E-state index < -0.39 is 24.0 Å². The Kier molecular flexibility index (Phi) is 2.96. The molecule has 3 heterocycles. The molecule has 0 saturated carbocycles. The van der Waals surface area contributed by atoms with Crippen molar-refractivity contribution in [2.75, 3.05) is 12.3 Å². The molecule has 0 aliphatic carbocycles. The van der Waals surface area contributed by atoms with Crippen molar-refractivity contribution in [3.05, 3.63) is 16.7 Å². The Morgan fingerprint density at radius 1 is 1.60 bits per heavy atom. The van der Waals surface area contributed by atoms with Crippen LogP contribution in [0.1, 0.15) is 13.2 Å². The van der Waals surface area contributed by atoms with E-state index in [1.807, 2.05) is 0 Å². The maximum Gasteiger partial charge on any atom is 0.280 e. The lowest BCUT2D eigenvalue weighted by atomic mass is 10.0. The third kappa shape index (κ3) is 1.79. The van der Waals surface area contributed by atoms with Crippen molar-refractivity contribution in [1.82, 2.24) is 19.5 Å². The third-order valence-corrected chi connectivity index (χ3v) is 3.59. The topological polar surface area (TPSA) is 139 Å². The van der Waals surface area contributed by atoms with E-state index in [1.54, 1.807) is 11.5 Å². The molecule has 2 aromatic rings. The highest BCUT2D eigenvalue weighted by atomic mass is 16.5. The van der Waals surface area contributed by atoms with Crippen LogP contribution in [0.5, 0.6) is 0 Å². The fourth-order valence-corrected chi connectivity index (χ4v) is 2.49. The van der Waals surface area contributed by atoms with Crippen LogP contribution in [0.2, 0.25) is 0 Å². The van der Waals surface area contributed by atoms with Crippen LogP contribution in [0.3, 0.4) is 0 Å². The number of nitrogens with two attached hydrogens (primary N) is 1. The fourth-order valence-electron chi connectivity index (χ4n) is 2.49. The highest BCUT2D eigenvalue weighted by Crippen LogP contribution is 2.35. The molecule has 0 spiro atoms. The van der Waals surface area contributed by atoms with Gasteiger partial charge in [0.2, 0.25) is 5.95 Å². The van der Waals surface area contributed by atoms with E-state index in [1.165, 1.54) is 6.33 Å². The second kappa shape index (κ2) is 4.54. The van der Waals surface area contributed by atoms with Crippen LogP contribution in [-0.4, -0.2) is 48.5 Å². The molecular formula is C11H15N5O4. The average molecular weight is 281 g/mol. The molecule has 1 saturated heterocycles. The van der Waals surface area contributed by atoms with E-state index in [4.69, 9.17) is 10.5 Å². The number of nitrogens with one attached hydrogen (secondary N) is 1. The molecule has 20 heavy (non-hydrogen) atoms. The quantitative estimate of drug-likeness (QED) is 0.530. The van der Waals surface area contributed by atoms with Crippen molar-refractivity contribution in [2.45, 2.75) is 25.4 Å². The van der Waals surface area contributed by atoms with E-state index in [-0.39, 0.29) is 29.6 Å². The number of ether oxygens (including phenoxy) is 1. The summed E-state index contributed by atoms with van der Waals surface area (Å²) >= 11 is 0. The molecule has 1 fully saturated rings. The lowest BCUT2D eigenvalue weighted by molar-refractivity contribution is -0.0447. The van der Waals surface area contributed by atoms with Gasteiger partial charge in [0, 0.05) is 5.92 Å². The van der Waals surface area contributed by atoms with Crippen LogP contribution in [0.4, 0.5) is 5.95 Å². The summed E-state index contributed by atoms with van der Waals surface area (Å²) in [5.74, 6) is -0.305. The molecule has 9 nitrogen and oxygen atoms in total. The summed E-state index contributed by atoms with van der Waals surface area (Å²) in [7, 11) is 0. The minimum atomic E-state index is -0.804. The summed E-state index contributed by atoms with van der Waals surface area (Å²) in [6, 6.07) is 0. The van der Waals surface area contributed by atoms with Gasteiger partial charge in [-0.3, -0.25) is 14.3 Å². The number of anilines is 1. The fraction of sp³-hybridized carbons (Fsp3) is 0.545. The van der Waals surface area contributed by atoms with Crippen molar-refractivity contribution in [3.8, 4) is 0 Å². The largest absolute Gasteiger partial charge is 0.394 e. The summed E-state index contributed by atoms with van der Waals surface area (Å²) in [6.45, 7) is 1.50. The van der Waals surface area contributed by atoms with Crippen LogP contribution in [-0.2, 0) is 4.74 Å². The monoisotopic (exact) mass is 281 g/mol. The molecule has 0 bridgehead atoms. The van der Waals surface area contributed by atoms with Crippen LogP contribution in [0.15, 0.2) is 11.1 Å². The zero-order valence-electron chi connectivity index (χ0n) is 10.7. The second-order valence-electron chi connectivity index (χ2n) is 4.87. The normalized spacial score (nSPS) is 30.1. The Morgan fingerprint density at radius 2 is 2.35 bits per heavy atom. The molecule has 1 aliphatic heterocycles. The Morgan fingerprint density at radius 3 is 3.00 bits per heavy atom. The van der Waals surface area contributed by atoms with Crippen molar-refractivity contribution in [2.24, 2.45) is 5.92 Å². The van der Waals surface area contributed by atoms with Gasteiger partial charge in [-0.2, -0.15) is 4.98 Å². The summed E-state index contributed by atoms with van der Waals surface area (Å²) < 4.78 is 7.14. The van der Waals surface area contributed by atoms with Gasteiger partial charge in [0.05, 0.1) is 19.0 Å². The predicted molar refractivity (Wildman–Crippen MR) is 68.7 cm³/mol. The smallest absolute Gasteiger partial charge is 0.280 e. The Hall–Kier alpha value is -1.97. The van der Waals surface area contributed by atoms with Gasteiger partial charge in [0.25, 0.3) is 5.56 Å². The van der Waals surface area contributed by atoms with Gasteiger partial charge in [-0.25, -0.2) is 4.98 Å². The Balaban J connectivity index is 2.09. The van der Waals surface area contributed by atoms with Gasteiger partial charge in [-0.1, -0.05) is 6.92 Å². The third-order valence-electron chi connectivity index (χ3n) is 3.59. The number of hydrogen-bond acceptors (Lipinski definition) is 7. The second-order valence-corrected chi connectivity index (χ2v) is 4.87. The Bertz CT molecular complexity index is 696. The van der Waals surface area contributed by atoms with Gasteiger partial charge in [-0.15, -0.1) is 0 Å². The van der Waals surface area contributed by atoms with E-state index in [9.17, 15) is 15.0 Å². The van der Waals surface area contributed by atoms with Crippen molar-refractivity contribution < 1.29 is 14.9 Å². The van der Waals surface area contributed by atoms with E-state index >= 15 is 0 Å². The number of hydrogen-bond donors (Lipinski definition) is 4. The summed E-state index contributed by atoms with van der Waals surface area (Å²) in [5, 5.41) is 19.1. The molecule has 9 heteroatoms. The highest BCUT2D eigenvalue weighted by molar-refractivity contribution is 5.70. The summed E-state index contributed by atoms with van der Waals surface area (Å²) in [4.78, 5) is 22.1. The summed E-state index contributed by atoms with van der Waals surface area (Å²) in [6.07, 6.45) is -0.630. The number of imidazole rings is 1. The van der Waals surface area contributed by atoms with Gasteiger partial charge >= 0.3 is 0 Å². The van der Waals surface area contributed by atoms with Crippen LogP contribution in [0, 0.1) is 5.92 Å². The van der Waals surface area contributed by atoms with Crippen LogP contribution in [0.25, 0.3) is 11.2 Å². The lowest BCUT2D eigenvalue weighted by Crippen LogP contribution is -2.28. The first-order valence-corrected chi connectivity index (χ1v) is 6.19. The molecule has 108 valence electrons. The maximum absolute atomic E-state index is 11.7. The predicted octanol–water partition coefficient (Wildman–Crippen LogP) is -1.41.